The lowest BCUT2D eigenvalue weighted by Crippen LogP contribution is -2.37. The van der Waals surface area contributed by atoms with Gasteiger partial charge in [0.25, 0.3) is 0 Å². The van der Waals surface area contributed by atoms with Gasteiger partial charge in [0.1, 0.15) is 5.75 Å². The molecule has 0 aliphatic rings. The smallest absolute Gasteiger partial charge is 0.410 e. The maximum Gasteiger partial charge on any atom is 0.412 e. The zero-order valence-corrected chi connectivity index (χ0v) is 17.3. The summed E-state index contributed by atoms with van der Waals surface area (Å²) < 4.78 is 6.98. The summed E-state index contributed by atoms with van der Waals surface area (Å²) in [5, 5.41) is 24.3. The lowest BCUT2D eigenvalue weighted by atomic mass is 10.0. The molecular weight excluding hydrogens is 417 g/mol. The largest absolute Gasteiger partial charge is 0.412 e. The van der Waals surface area contributed by atoms with Crippen LogP contribution < -0.4 is 10.1 Å². The Kier molecular flexibility index (Phi) is 6.68. The third-order valence-electron chi connectivity index (χ3n) is 4.08. The predicted octanol–water partition coefficient (Wildman–Crippen LogP) is 3.67. The standard InChI is InChI=1S/C19H19Cl2N5O3/c1-3-18-23-24-25-26(18)14-6-12(16-5-4-13(20)8-17(16)21)7-15(9-14)29-19(28)22-11(2)10-27/h4-9,11,27H,3,10H2,1-2H3,(H,22,28)/t11-/m0/s1. The van der Waals surface area contributed by atoms with E-state index in [1.165, 1.54) is 0 Å². The van der Waals surface area contributed by atoms with E-state index in [4.69, 9.17) is 33.0 Å². The predicted molar refractivity (Wildman–Crippen MR) is 110 cm³/mol. The van der Waals surface area contributed by atoms with Crippen LogP contribution in [0.2, 0.25) is 10.0 Å². The van der Waals surface area contributed by atoms with Crippen molar-refractivity contribution in [1.82, 2.24) is 25.5 Å². The van der Waals surface area contributed by atoms with Crippen molar-refractivity contribution < 1.29 is 14.6 Å². The highest BCUT2D eigenvalue weighted by atomic mass is 35.5. The van der Waals surface area contributed by atoms with Crippen LogP contribution in [0.5, 0.6) is 5.75 Å². The number of hydrogen-bond donors (Lipinski definition) is 2. The first-order valence-electron chi connectivity index (χ1n) is 8.88. The molecule has 0 aliphatic heterocycles. The van der Waals surface area contributed by atoms with Crippen molar-refractivity contribution in [2.45, 2.75) is 26.3 Å². The zero-order chi connectivity index (χ0) is 21.0. The number of hydrogen-bond acceptors (Lipinski definition) is 6. The van der Waals surface area contributed by atoms with Crippen molar-refractivity contribution in [2.24, 2.45) is 0 Å². The molecule has 0 fully saturated rings. The van der Waals surface area contributed by atoms with E-state index in [1.54, 1.807) is 41.9 Å². The minimum absolute atomic E-state index is 0.203. The quantitative estimate of drug-likeness (QED) is 0.612. The number of ether oxygens (including phenoxy) is 1. The van der Waals surface area contributed by atoms with Crippen LogP contribution in [0.1, 0.15) is 19.7 Å². The number of nitrogens with one attached hydrogen (secondary N) is 1. The molecule has 10 heteroatoms. The Hall–Kier alpha value is -2.68. The first-order chi connectivity index (χ1) is 13.9. The van der Waals surface area contributed by atoms with Gasteiger partial charge in [0.2, 0.25) is 0 Å². The molecule has 0 saturated heterocycles. The van der Waals surface area contributed by atoms with Crippen LogP contribution in [0, 0.1) is 0 Å². The van der Waals surface area contributed by atoms with Crippen molar-refractivity contribution in [3.8, 4) is 22.6 Å². The van der Waals surface area contributed by atoms with Crippen LogP contribution in [-0.4, -0.2) is 44.1 Å². The first kappa shape index (κ1) is 21.0. The molecule has 1 atom stereocenters. The molecule has 1 aromatic heterocycles. The normalized spacial score (nSPS) is 11.9. The van der Waals surface area contributed by atoms with Crippen LogP contribution in [0.3, 0.4) is 0 Å². The summed E-state index contributed by atoms with van der Waals surface area (Å²) in [7, 11) is 0. The number of tetrazole rings is 1. The fraction of sp³-hybridized carbons (Fsp3) is 0.263. The molecule has 8 nitrogen and oxygen atoms in total. The summed E-state index contributed by atoms with van der Waals surface area (Å²) in [6.45, 7) is 3.39. The fourth-order valence-electron chi connectivity index (χ4n) is 2.65. The van der Waals surface area contributed by atoms with E-state index in [2.05, 4.69) is 20.8 Å². The van der Waals surface area contributed by atoms with Gasteiger partial charge in [-0.1, -0.05) is 36.2 Å². The number of carbonyl (C=O) groups is 1. The highest BCUT2D eigenvalue weighted by Crippen LogP contribution is 2.34. The number of nitrogens with zero attached hydrogens (tertiary/aromatic N) is 4. The van der Waals surface area contributed by atoms with Crippen LogP contribution in [-0.2, 0) is 6.42 Å². The van der Waals surface area contributed by atoms with E-state index in [0.29, 0.717) is 39.1 Å². The van der Waals surface area contributed by atoms with Gasteiger partial charge in [-0.3, -0.25) is 0 Å². The van der Waals surface area contributed by atoms with Crippen molar-refractivity contribution in [3.05, 3.63) is 52.3 Å². The Morgan fingerprint density at radius 2 is 2.07 bits per heavy atom. The third kappa shape index (κ3) is 5.03. The van der Waals surface area contributed by atoms with Gasteiger partial charge in [-0.2, -0.15) is 4.68 Å². The van der Waals surface area contributed by atoms with Gasteiger partial charge in [0, 0.05) is 28.1 Å². The molecule has 1 heterocycles. The second-order valence-corrected chi connectivity index (χ2v) is 7.16. The number of halogens is 2. The molecule has 2 aromatic carbocycles. The summed E-state index contributed by atoms with van der Waals surface area (Å²) in [5.41, 5.74) is 2.01. The monoisotopic (exact) mass is 435 g/mol. The maximum absolute atomic E-state index is 12.1. The van der Waals surface area contributed by atoms with E-state index in [1.807, 2.05) is 13.0 Å². The lowest BCUT2D eigenvalue weighted by molar-refractivity contribution is 0.186. The zero-order valence-electron chi connectivity index (χ0n) is 15.8. The molecule has 29 heavy (non-hydrogen) atoms. The number of aliphatic hydroxyl groups is 1. The van der Waals surface area contributed by atoms with Crippen molar-refractivity contribution in [1.29, 1.82) is 0 Å². The SMILES string of the molecule is CCc1nnnn1-c1cc(OC(=O)N[C@@H](C)CO)cc(-c2ccc(Cl)cc2Cl)c1. The average molecular weight is 436 g/mol. The topological polar surface area (TPSA) is 102 Å². The lowest BCUT2D eigenvalue weighted by Gasteiger charge is -2.14. The van der Waals surface area contributed by atoms with Crippen molar-refractivity contribution >= 4 is 29.3 Å². The summed E-state index contributed by atoms with van der Waals surface area (Å²) in [4.78, 5) is 12.1. The van der Waals surface area contributed by atoms with Crippen LogP contribution >= 0.6 is 23.2 Å². The van der Waals surface area contributed by atoms with E-state index in [-0.39, 0.29) is 12.4 Å². The van der Waals surface area contributed by atoms with E-state index < -0.39 is 12.1 Å². The van der Waals surface area contributed by atoms with E-state index >= 15 is 0 Å². The Labute approximate surface area is 177 Å². The number of amides is 1. The molecule has 2 N–H and O–H groups in total. The Bertz CT molecular complexity index is 1020. The van der Waals surface area contributed by atoms with Crippen LogP contribution in [0.15, 0.2) is 36.4 Å². The molecule has 152 valence electrons. The molecule has 0 unspecified atom stereocenters. The molecule has 0 spiro atoms. The Balaban J connectivity index is 2.06. The van der Waals surface area contributed by atoms with Gasteiger partial charge >= 0.3 is 6.09 Å². The van der Waals surface area contributed by atoms with Crippen LogP contribution in [0.4, 0.5) is 4.79 Å². The number of aliphatic hydroxyl groups excluding tert-OH is 1. The Morgan fingerprint density at radius 1 is 1.28 bits per heavy atom. The molecular formula is C19H19Cl2N5O3. The third-order valence-corrected chi connectivity index (χ3v) is 4.62. The van der Waals surface area contributed by atoms with Gasteiger partial charge < -0.3 is 15.2 Å². The Morgan fingerprint density at radius 3 is 2.76 bits per heavy atom. The summed E-state index contributed by atoms with van der Waals surface area (Å²) in [6, 6.07) is 9.86. The fourth-order valence-corrected chi connectivity index (χ4v) is 3.17. The molecule has 1 amide bonds. The number of rotatable bonds is 6. The number of benzene rings is 2. The summed E-state index contributed by atoms with van der Waals surface area (Å²) in [5.74, 6) is 0.914. The maximum atomic E-state index is 12.1. The average Bonchev–Trinajstić information content (AvgIpc) is 3.16. The summed E-state index contributed by atoms with van der Waals surface area (Å²) >= 11 is 12.4. The molecule has 0 aliphatic carbocycles. The van der Waals surface area contributed by atoms with Crippen molar-refractivity contribution in [2.75, 3.05) is 6.61 Å². The summed E-state index contributed by atoms with van der Waals surface area (Å²) in [6.07, 6.45) is -0.0758. The highest BCUT2D eigenvalue weighted by molar-refractivity contribution is 6.36. The van der Waals surface area contributed by atoms with Crippen molar-refractivity contribution in [3.63, 3.8) is 0 Å². The van der Waals surface area contributed by atoms with Gasteiger partial charge in [-0.15, -0.1) is 5.10 Å². The van der Waals surface area contributed by atoms with Gasteiger partial charge in [0.15, 0.2) is 5.82 Å². The first-order valence-corrected chi connectivity index (χ1v) is 9.64. The number of carbonyl (C=O) groups excluding carboxylic acids is 1. The molecule has 3 rings (SSSR count). The molecule has 0 bridgehead atoms. The van der Waals surface area contributed by atoms with Crippen LogP contribution in [0.25, 0.3) is 16.8 Å². The molecule has 0 radical (unpaired) electrons. The number of aromatic nitrogens is 4. The van der Waals surface area contributed by atoms with Gasteiger partial charge in [0.05, 0.1) is 18.3 Å². The molecule has 3 aromatic rings. The number of aryl methyl sites for hydroxylation is 1. The minimum atomic E-state index is -0.690. The van der Waals surface area contributed by atoms with Gasteiger partial charge in [-0.05, 0) is 47.2 Å². The second kappa shape index (κ2) is 9.21. The second-order valence-electron chi connectivity index (χ2n) is 6.32. The minimum Gasteiger partial charge on any atom is -0.410 e. The van der Waals surface area contributed by atoms with E-state index in [0.717, 1.165) is 0 Å². The van der Waals surface area contributed by atoms with E-state index in [9.17, 15) is 4.79 Å². The van der Waals surface area contributed by atoms with Gasteiger partial charge in [-0.25, -0.2) is 4.79 Å². The molecule has 0 saturated carbocycles. The highest BCUT2D eigenvalue weighted by Gasteiger charge is 2.15.